The zero-order valence-electron chi connectivity index (χ0n) is 8.22. The molecular weight excluding hydrogens is 237 g/mol. The average molecular weight is 248 g/mol. The van der Waals surface area contributed by atoms with Crippen molar-refractivity contribution < 1.29 is 9.53 Å². The molecule has 0 heterocycles. The molecule has 82 valence electrons. The van der Waals surface area contributed by atoms with Crippen LogP contribution in [0, 0.1) is 0 Å². The summed E-state index contributed by atoms with van der Waals surface area (Å²) in [7, 11) is 0. The Bertz CT molecular complexity index is 357. The molecule has 1 aromatic rings. The van der Waals surface area contributed by atoms with E-state index in [0.717, 1.165) is 0 Å². The van der Waals surface area contributed by atoms with E-state index in [-0.39, 0.29) is 12.4 Å². The molecular formula is C10H11Cl2NO2. The largest absolute Gasteiger partial charge is 0.466 e. The molecule has 0 unspecified atom stereocenters. The van der Waals surface area contributed by atoms with E-state index >= 15 is 0 Å². The Kier molecular flexibility index (Phi) is 4.24. The third-order valence-corrected chi connectivity index (χ3v) is 2.59. The van der Waals surface area contributed by atoms with Gasteiger partial charge in [0.25, 0.3) is 0 Å². The summed E-state index contributed by atoms with van der Waals surface area (Å²) in [6.45, 7) is 2.11. The third-order valence-electron chi connectivity index (χ3n) is 1.77. The van der Waals surface area contributed by atoms with Crippen LogP contribution in [0.2, 0.25) is 10.0 Å². The fourth-order valence-electron chi connectivity index (χ4n) is 1.15. The minimum atomic E-state index is -0.310. The topological polar surface area (TPSA) is 52.3 Å². The lowest BCUT2D eigenvalue weighted by atomic mass is 10.1. The summed E-state index contributed by atoms with van der Waals surface area (Å²) in [5, 5.41) is 0.653. The number of halogens is 2. The number of carbonyl (C=O) groups is 1. The van der Waals surface area contributed by atoms with Crippen LogP contribution in [0.25, 0.3) is 0 Å². The van der Waals surface area contributed by atoms with Gasteiger partial charge in [-0.25, -0.2) is 0 Å². The van der Waals surface area contributed by atoms with Crippen molar-refractivity contribution in [2.45, 2.75) is 13.3 Å². The zero-order valence-corrected chi connectivity index (χ0v) is 9.73. The van der Waals surface area contributed by atoms with Crippen molar-refractivity contribution in [2.75, 3.05) is 12.3 Å². The van der Waals surface area contributed by atoms with Gasteiger partial charge < -0.3 is 10.5 Å². The zero-order chi connectivity index (χ0) is 11.4. The smallest absolute Gasteiger partial charge is 0.310 e. The molecule has 0 radical (unpaired) electrons. The van der Waals surface area contributed by atoms with Gasteiger partial charge >= 0.3 is 5.97 Å². The SMILES string of the molecule is CCOC(=O)Cc1cc(N)c(Cl)c(Cl)c1. The number of benzene rings is 1. The van der Waals surface area contributed by atoms with Crippen molar-refractivity contribution in [2.24, 2.45) is 0 Å². The highest BCUT2D eigenvalue weighted by Crippen LogP contribution is 2.29. The molecule has 0 spiro atoms. The first-order valence-electron chi connectivity index (χ1n) is 4.43. The van der Waals surface area contributed by atoms with Crippen LogP contribution in [0.1, 0.15) is 12.5 Å². The molecule has 0 atom stereocenters. The molecule has 1 rings (SSSR count). The van der Waals surface area contributed by atoms with Gasteiger partial charge in [0.05, 0.1) is 28.8 Å². The summed E-state index contributed by atoms with van der Waals surface area (Å²) in [6.07, 6.45) is 0.148. The number of ether oxygens (including phenoxy) is 1. The number of rotatable bonds is 3. The maximum atomic E-state index is 11.2. The van der Waals surface area contributed by atoms with Crippen LogP contribution in [-0.4, -0.2) is 12.6 Å². The van der Waals surface area contributed by atoms with Crippen molar-refractivity contribution >= 4 is 34.9 Å². The van der Waals surface area contributed by atoms with Crippen LogP contribution in [0.4, 0.5) is 5.69 Å². The summed E-state index contributed by atoms with van der Waals surface area (Å²) < 4.78 is 4.80. The highest BCUT2D eigenvalue weighted by atomic mass is 35.5. The molecule has 5 heteroatoms. The standard InChI is InChI=1S/C10H11Cl2NO2/c1-2-15-9(14)5-6-3-7(11)10(12)8(13)4-6/h3-4H,2,5,13H2,1H3. The first-order chi connectivity index (χ1) is 7.04. The quantitative estimate of drug-likeness (QED) is 0.660. The first-order valence-corrected chi connectivity index (χ1v) is 5.19. The van der Waals surface area contributed by atoms with E-state index in [1.54, 1.807) is 19.1 Å². The lowest BCUT2D eigenvalue weighted by Crippen LogP contribution is -2.07. The molecule has 0 amide bonds. The maximum Gasteiger partial charge on any atom is 0.310 e. The number of nitrogen functional groups attached to an aromatic ring is 1. The monoisotopic (exact) mass is 247 g/mol. The summed E-state index contributed by atoms with van der Waals surface area (Å²) in [5.74, 6) is -0.310. The molecule has 0 aliphatic heterocycles. The Balaban J connectivity index is 2.83. The number of esters is 1. The van der Waals surface area contributed by atoms with Crippen molar-refractivity contribution in [3.63, 3.8) is 0 Å². The fourth-order valence-corrected chi connectivity index (χ4v) is 1.51. The molecule has 0 aliphatic rings. The Morgan fingerprint density at radius 3 is 2.67 bits per heavy atom. The average Bonchev–Trinajstić information content (AvgIpc) is 2.14. The van der Waals surface area contributed by atoms with Gasteiger partial charge in [-0.05, 0) is 24.6 Å². The van der Waals surface area contributed by atoms with E-state index < -0.39 is 0 Å². The van der Waals surface area contributed by atoms with E-state index in [1.165, 1.54) is 0 Å². The highest BCUT2D eigenvalue weighted by Gasteiger charge is 2.09. The normalized spacial score (nSPS) is 10.1. The van der Waals surface area contributed by atoms with Crippen molar-refractivity contribution in [3.8, 4) is 0 Å². The fraction of sp³-hybridized carbons (Fsp3) is 0.300. The lowest BCUT2D eigenvalue weighted by molar-refractivity contribution is -0.142. The minimum Gasteiger partial charge on any atom is -0.466 e. The van der Waals surface area contributed by atoms with Gasteiger partial charge in [-0.2, -0.15) is 0 Å². The van der Waals surface area contributed by atoms with Gasteiger partial charge in [-0.1, -0.05) is 23.2 Å². The third kappa shape index (κ3) is 3.29. The van der Waals surface area contributed by atoms with Gasteiger partial charge in [0, 0.05) is 0 Å². The van der Waals surface area contributed by atoms with Crippen LogP contribution in [0.3, 0.4) is 0 Å². The number of hydrogen-bond acceptors (Lipinski definition) is 3. The van der Waals surface area contributed by atoms with Crippen molar-refractivity contribution in [1.29, 1.82) is 0 Å². The Morgan fingerprint density at radius 2 is 2.13 bits per heavy atom. The van der Waals surface area contributed by atoms with Crippen molar-refractivity contribution in [1.82, 2.24) is 0 Å². The van der Waals surface area contributed by atoms with E-state index in [0.29, 0.717) is 27.9 Å². The van der Waals surface area contributed by atoms with E-state index in [1.807, 2.05) is 0 Å². The second-order valence-corrected chi connectivity index (χ2v) is 3.75. The van der Waals surface area contributed by atoms with E-state index in [2.05, 4.69) is 0 Å². The Morgan fingerprint density at radius 1 is 1.47 bits per heavy atom. The number of anilines is 1. The predicted molar refractivity (Wildman–Crippen MR) is 61.2 cm³/mol. The van der Waals surface area contributed by atoms with Crippen LogP contribution in [0.15, 0.2) is 12.1 Å². The molecule has 15 heavy (non-hydrogen) atoms. The molecule has 0 bridgehead atoms. The van der Waals surface area contributed by atoms with Gasteiger partial charge in [0.15, 0.2) is 0 Å². The van der Waals surface area contributed by atoms with E-state index in [9.17, 15) is 4.79 Å². The maximum absolute atomic E-state index is 11.2. The van der Waals surface area contributed by atoms with Crippen LogP contribution in [0.5, 0.6) is 0 Å². The summed E-state index contributed by atoms with van der Waals surface area (Å²) in [6, 6.07) is 3.22. The van der Waals surface area contributed by atoms with Crippen LogP contribution < -0.4 is 5.73 Å². The first kappa shape index (κ1) is 12.1. The number of nitrogens with two attached hydrogens (primary N) is 1. The molecule has 2 N–H and O–H groups in total. The Labute approximate surface area is 98.1 Å². The molecule has 0 saturated carbocycles. The molecule has 1 aromatic carbocycles. The van der Waals surface area contributed by atoms with Crippen molar-refractivity contribution in [3.05, 3.63) is 27.7 Å². The number of carbonyl (C=O) groups excluding carboxylic acids is 1. The second-order valence-electron chi connectivity index (χ2n) is 2.96. The Hall–Kier alpha value is -0.930. The van der Waals surface area contributed by atoms with Crippen LogP contribution >= 0.6 is 23.2 Å². The van der Waals surface area contributed by atoms with Gasteiger partial charge in [-0.15, -0.1) is 0 Å². The molecule has 0 saturated heterocycles. The molecule has 0 aromatic heterocycles. The van der Waals surface area contributed by atoms with Gasteiger partial charge in [0.1, 0.15) is 0 Å². The van der Waals surface area contributed by atoms with Gasteiger partial charge in [-0.3, -0.25) is 4.79 Å². The second kappa shape index (κ2) is 5.24. The summed E-state index contributed by atoms with van der Waals surface area (Å²) in [5.41, 5.74) is 6.66. The van der Waals surface area contributed by atoms with Crippen LogP contribution in [-0.2, 0) is 16.0 Å². The molecule has 0 aliphatic carbocycles. The van der Waals surface area contributed by atoms with Gasteiger partial charge in [0.2, 0.25) is 0 Å². The molecule has 0 fully saturated rings. The van der Waals surface area contributed by atoms with E-state index in [4.69, 9.17) is 33.7 Å². The molecule has 3 nitrogen and oxygen atoms in total. The summed E-state index contributed by atoms with van der Waals surface area (Å²) in [4.78, 5) is 11.2. The highest BCUT2D eigenvalue weighted by molar-refractivity contribution is 6.43. The predicted octanol–water partition coefficient (Wildman–Crippen LogP) is 2.68. The lowest BCUT2D eigenvalue weighted by Gasteiger charge is -2.06. The summed E-state index contributed by atoms with van der Waals surface area (Å²) >= 11 is 11.6. The minimum absolute atomic E-state index is 0.148. The number of hydrogen-bond donors (Lipinski definition) is 1.